The van der Waals surface area contributed by atoms with E-state index >= 15 is 0 Å². The summed E-state index contributed by atoms with van der Waals surface area (Å²) in [4.78, 5) is 14.2. The van der Waals surface area contributed by atoms with E-state index in [1.165, 1.54) is 46.9 Å². The number of hydrogen-bond acceptors (Lipinski definition) is 4. The first-order valence-corrected chi connectivity index (χ1v) is 10.9. The van der Waals surface area contributed by atoms with Crippen LogP contribution in [-0.2, 0) is 17.6 Å². The molecule has 0 saturated heterocycles. The van der Waals surface area contributed by atoms with Crippen molar-refractivity contribution in [1.29, 1.82) is 5.26 Å². The van der Waals surface area contributed by atoms with Gasteiger partial charge in [-0.1, -0.05) is 24.3 Å². The summed E-state index contributed by atoms with van der Waals surface area (Å²) in [7, 11) is 0. The van der Waals surface area contributed by atoms with E-state index in [0.29, 0.717) is 6.42 Å². The molecule has 4 aromatic rings. The summed E-state index contributed by atoms with van der Waals surface area (Å²) in [6.45, 7) is 0. The number of rotatable bonds is 5. The lowest BCUT2D eigenvalue weighted by molar-refractivity contribution is -0.136. The Hall–Kier alpha value is -3.34. The molecule has 7 heteroatoms. The van der Waals surface area contributed by atoms with Crippen molar-refractivity contribution in [3.8, 4) is 27.0 Å². The van der Waals surface area contributed by atoms with Crippen LogP contribution in [0.3, 0.4) is 0 Å². The highest BCUT2D eigenvalue weighted by Gasteiger charge is 2.06. The lowest BCUT2D eigenvalue weighted by Gasteiger charge is -1.96. The number of carboxylic acid groups (broad SMARTS) is 1. The molecule has 1 N–H and O–H groups in total. The highest BCUT2D eigenvalue weighted by molar-refractivity contribution is 7.15. The topological polar surface area (TPSA) is 61.1 Å². The number of benzene rings is 2. The summed E-state index contributed by atoms with van der Waals surface area (Å²) in [5, 5.41) is 17.2. The number of carboxylic acids is 1. The summed E-state index contributed by atoms with van der Waals surface area (Å²) in [6.07, 6.45) is 0.431. The predicted octanol–water partition coefficient (Wildman–Crippen LogP) is 6.80. The summed E-state index contributed by atoms with van der Waals surface area (Å²) in [5.74, 6) is -1.37. The molecule has 2 aromatic heterocycles. The van der Waals surface area contributed by atoms with Crippen molar-refractivity contribution in [2.45, 2.75) is 12.8 Å². The molecular weight excluding hydrogens is 436 g/mol. The molecule has 0 fully saturated rings. The maximum atomic E-state index is 13.0. The fraction of sp³-hybridized carbons (Fsp3) is 0.0833. The first kappa shape index (κ1) is 22.3. The molecule has 3 nitrogen and oxygen atoms in total. The Bertz CT molecular complexity index is 1220. The molecule has 0 spiro atoms. The number of nitrogens with zero attached hydrogens (tertiary/aromatic N) is 1. The van der Waals surface area contributed by atoms with Crippen molar-refractivity contribution in [2.75, 3.05) is 0 Å². The van der Waals surface area contributed by atoms with Crippen molar-refractivity contribution in [2.24, 2.45) is 0 Å². The molecular formula is C24H17F2NO2S2. The second kappa shape index (κ2) is 10.6. The third-order valence-corrected chi connectivity index (χ3v) is 6.39. The minimum absolute atomic E-state index is 0.0139. The summed E-state index contributed by atoms with van der Waals surface area (Å²) >= 11 is 2.91. The quantitative estimate of drug-likeness (QED) is 0.361. The van der Waals surface area contributed by atoms with Crippen molar-refractivity contribution < 1.29 is 18.7 Å². The fourth-order valence-corrected chi connectivity index (χ4v) is 4.70. The van der Waals surface area contributed by atoms with Crippen LogP contribution in [0.1, 0.15) is 9.75 Å². The minimum atomic E-state index is -0.854. The van der Waals surface area contributed by atoms with Gasteiger partial charge in [0.05, 0.1) is 18.9 Å². The maximum absolute atomic E-state index is 13.0. The molecule has 0 aliphatic carbocycles. The Morgan fingerprint density at radius 1 is 0.839 bits per heavy atom. The molecule has 2 aromatic carbocycles. The van der Waals surface area contributed by atoms with E-state index in [1.54, 1.807) is 24.3 Å². The lowest BCUT2D eigenvalue weighted by Crippen LogP contribution is -1.96. The van der Waals surface area contributed by atoms with E-state index in [0.717, 1.165) is 30.6 Å². The van der Waals surface area contributed by atoms with Crippen LogP contribution in [-0.4, -0.2) is 11.1 Å². The number of hydrogen-bond donors (Lipinski definition) is 1. The van der Waals surface area contributed by atoms with Gasteiger partial charge in [0.2, 0.25) is 0 Å². The zero-order chi connectivity index (χ0) is 22.2. The summed E-state index contributed by atoms with van der Waals surface area (Å²) in [5.41, 5.74) is 1.64. The number of nitriles is 1. The second-order valence-corrected chi connectivity index (χ2v) is 8.79. The van der Waals surface area contributed by atoms with Crippen LogP contribution in [0.25, 0.3) is 20.9 Å². The lowest BCUT2D eigenvalue weighted by atomic mass is 10.2. The van der Waals surface area contributed by atoms with Crippen LogP contribution >= 0.6 is 22.7 Å². The Balaban J connectivity index is 0.000000176. The van der Waals surface area contributed by atoms with Gasteiger partial charge in [-0.2, -0.15) is 5.26 Å². The molecule has 0 amide bonds. The largest absolute Gasteiger partial charge is 0.481 e. The van der Waals surface area contributed by atoms with Gasteiger partial charge in [0.15, 0.2) is 0 Å². The van der Waals surface area contributed by atoms with Gasteiger partial charge in [0.25, 0.3) is 0 Å². The molecule has 0 saturated carbocycles. The van der Waals surface area contributed by atoms with Gasteiger partial charge in [0, 0.05) is 19.5 Å². The van der Waals surface area contributed by atoms with Gasteiger partial charge in [-0.05, 0) is 59.7 Å². The summed E-state index contributed by atoms with van der Waals surface area (Å²) in [6, 6.07) is 22.3. The molecule has 4 rings (SSSR count). The predicted molar refractivity (Wildman–Crippen MR) is 120 cm³/mol. The van der Waals surface area contributed by atoms with Crippen molar-refractivity contribution in [3.05, 3.63) is 94.2 Å². The van der Waals surface area contributed by atoms with E-state index in [2.05, 4.69) is 6.07 Å². The smallest absolute Gasteiger partial charge is 0.308 e. The highest BCUT2D eigenvalue weighted by atomic mass is 32.1. The molecule has 0 aliphatic heterocycles. The SMILES string of the molecule is N#CCc1ccc(-c2cccc(F)c2)s1.O=C(O)Cc1ccc(-c2cccc(F)c2)s1. The van der Waals surface area contributed by atoms with Crippen molar-refractivity contribution in [1.82, 2.24) is 0 Å². The Morgan fingerprint density at radius 3 is 1.84 bits per heavy atom. The molecule has 0 bridgehead atoms. The van der Waals surface area contributed by atoms with Gasteiger partial charge < -0.3 is 5.11 Å². The number of thiophene rings is 2. The molecule has 0 radical (unpaired) electrons. The summed E-state index contributed by atoms with van der Waals surface area (Å²) < 4.78 is 25.9. The normalized spacial score (nSPS) is 10.1. The van der Waals surface area contributed by atoms with E-state index < -0.39 is 5.97 Å². The van der Waals surface area contributed by atoms with Gasteiger partial charge in [-0.25, -0.2) is 8.78 Å². The van der Waals surface area contributed by atoms with E-state index in [1.807, 2.05) is 24.3 Å². The average molecular weight is 454 g/mol. The Labute approximate surface area is 186 Å². The van der Waals surface area contributed by atoms with Gasteiger partial charge in [-0.15, -0.1) is 22.7 Å². The third-order valence-electron chi connectivity index (χ3n) is 4.12. The molecule has 0 unspecified atom stereocenters. The number of carbonyl (C=O) groups is 1. The van der Waals surface area contributed by atoms with E-state index in [4.69, 9.17) is 10.4 Å². The fourth-order valence-electron chi connectivity index (χ4n) is 2.77. The van der Waals surface area contributed by atoms with Crippen LogP contribution in [0, 0.1) is 23.0 Å². The molecule has 2 heterocycles. The monoisotopic (exact) mass is 453 g/mol. The maximum Gasteiger partial charge on any atom is 0.308 e. The molecule has 0 atom stereocenters. The molecule has 0 aliphatic rings. The van der Waals surface area contributed by atoms with Gasteiger partial charge >= 0.3 is 5.97 Å². The first-order chi connectivity index (χ1) is 14.9. The van der Waals surface area contributed by atoms with Crippen molar-refractivity contribution >= 4 is 28.6 Å². The van der Waals surface area contributed by atoms with Gasteiger partial charge in [-0.3, -0.25) is 4.79 Å². The van der Waals surface area contributed by atoms with E-state index in [9.17, 15) is 13.6 Å². The van der Waals surface area contributed by atoms with Gasteiger partial charge in [0.1, 0.15) is 11.6 Å². The van der Waals surface area contributed by atoms with Crippen LogP contribution in [0.5, 0.6) is 0 Å². The minimum Gasteiger partial charge on any atom is -0.481 e. The number of halogens is 2. The zero-order valence-electron chi connectivity index (χ0n) is 16.2. The Kier molecular flexibility index (Phi) is 7.65. The first-order valence-electron chi connectivity index (χ1n) is 9.22. The third kappa shape index (κ3) is 6.57. The van der Waals surface area contributed by atoms with E-state index in [-0.39, 0.29) is 18.1 Å². The van der Waals surface area contributed by atoms with Crippen LogP contribution in [0.4, 0.5) is 8.78 Å². The van der Waals surface area contributed by atoms with Crippen LogP contribution in [0.2, 0.25) is 0 Å². The average Bonchev–Trinajstić information content (AvgIpc) is 3.38. The number of aliphatic carboxylic acids is 1. The van der Waals surface area contributed by atoms with Crippen molar-refractivity contribution in [3.63, 3.8) is 0 Å². The van der Waals surface area contributed by atoms with Crippen LogP contribution in [0.15, 0.2) is 72.8 Å². The zero-order valence-corrected chi connectivity index (χ0v) is 17.9. The van der Waals surface area contributed by atoms with Crippen LogP contribution < -0.4 is 0 Å². The molecule has 156 valence electrons. The standard InChI is InChI=1S/C12H8FNS.C12H9FO2S/c13-10-3-1-2-9(8-10)12-5-4-11(15-12)6-7-14;13-9-3-1-2-8(6-9)11-5-4-10(16-11)7-12(14)15/h1-5,8H,6H2;1-6H,7H2,(H,14,15). The molecule has 31 heavy (non-hydrogen) atoms. The Morgan fingerprint density at radius 2 is 1.35 bits per heavy atom. The highest BCUT2D eigenvalue weighted by Crippen LogP contribution is 2.29. The second-order valence-electron chi connectivity index (χ2n) is 6.46.